The maximum absolute atomic E-state index is 13.4. The number of methoxy groups -OCH3 is 1. The molecule has 1 saturated heterocycles. The number of nitrogens with two attached hydrogens (primary N) is 1. The van der Waals surface area contributed by atoms with Crippen LogP contribution in [0.1, 0.15) is 12.0 Å². The van der Waals surface area contributed by atoms with Crippen LogP contribution in [0.3, 0.4) is 0 Å². The van der Waals surface area contributed by atoms with Crippen molar-refractivity contribution in [3.05, 3.63) is 60.3 Å². The lowest BCUT2D eigenvalue weighted by molar-refractivity contribution is -0.137. The van der Waals surface area contributed by atoms with E-state index in [1.54, 1.807) is 43.8 Å². The zero-order chi connectivity index (χ0) is 27.9. The molecule has 0 saturated carbocycles. The molecule has 11 nitrogen and oxygen atoms in total. The van der Waals surface area contributed by atoms with Gasteiger partial charge >= 0.3 is 6.03 Å². The number of fused-ring (bicyclic) bond motifs is 1. The number of benzene rings is 2. The van der Waals surface area contributed by atoms with Crippen LogP contribution in [0.2, 0.25) is 0 Å². The molecule has 2 heterocycles. The van der Waals surface area contributed by atoms with Crippen LogP contribution in [-0.4, -0.2) is 77.4 Å². The van der Waals surface area contributed by atoms with Crippen molar-refractivity contribution in [3.8, 4) is 5.75 Å². The fourth-order valence-corrected chi connectivity index (χ4v) is 5.12. The SMILES string of the molecule is COc1ccc(NC(=O)N[C@H]2C[C@@H](C(=O)N[C@H](Cc3c[nH]c4ccccc34)C(N)=O)N(C(=O)CSC)C2)cc1. The first kappa shape index (κ1) is 27.8. The lowest BCUT2D eigenvalue weighted by atomic mass is 10.0. The van der Waals surface area contributed by atoms with Gasteiger partial charge in [-0.15, -0.1) is 0 Å². The lowest BCUT2D eigenvalue weighted by Gasteiger charge is -2.25. The number of nitrogens with one attached hydrogen (secondary N) is 4. The zero-order valence-corrected chi connectivity index (χ0v) is 22.5. The van der Waals surface area contributed by atoms with E-state index in [-0.39, 0.29) is 31.0 Å². The summed E-state index contributed by atoms with van der Waals surface area (Å²) in [5.41, 5.74) is 7.97. The van der Waals surface area contributed by atoms with E-state index in [0.29, 0.717) is 11.4 Å². The average molecular weight is 553 g/mol. The largest absolute Gasteiger partial charge is 0.497 e. The van der Waals surface area contributed by atoms with Crippen LogP contribution < -0.4 is 26.4 Å². The molecule has 2 aromatic carbocycles. The Bertz CT molecular complexity index is 1340. The first-order valence-electron chi connectivity index (χ1n) is 12.4. The molecule has 0 radical (unpaired) electrons. The van der Waals surface area contributed by atoms with Crippen molar-refractivity contribution < 1.29 is 23.9 Å². The first-order valence-corrected chi connectivity index (χ1v) is 13.8. The van der Waals surface area contributed by atoms with Gasteiger partial charge in [0.1, 0.15) is 17.8 Å². The second-order valence-electron chi connectivity index (χ2n) is 9.28. The van der Waals surface area contributed by atoms with Crippen LogP contribution in [-0.2, 0) is 20.8 Å². The van der Waals surface area contributed by atoms with Gasteiger partial charge in [0.15, 0.2) is 0 Å². The molecule has 4 rings (SSSR count). The molecular formula is C27H32N6O5S. The van der Waals surface area contributed by atoms with Crippen molar-refractivity contribution in [3.63, 3.8) is 0 Å². The molecule has 6 N–H and O–H groups in total. The molecule has 3 aromatic rings. The number of H-pyrrole nitrogens is 1. The summed E-state index contributed by atoms with van der Waals surface area (Å²) in [6.07, 6.45) is 3.98. The number of likely N-dealkylation sites (tertiary alicyclic amines) is 1. The van der Waals surface area contributed by atoms with Gasteiger partial charge in [-0.2, -0.15) is 11.8 Å². The number of ether oxygens (including phenoxy) is 1. The molecule has 1 fully saturated rings. The van der Waals surface area contributed by atoms with Gasteiger partial charge in [0, 0.05) is 35.8 Å². The number of hydrogen-bond acceptors (Lipinski definition) is 6. The molecule has 1 aliphatic rings. The van der Waals surface area contributed by atoms with Crippen LogP contribution in [0.5, 0.6) is 5.75 Å². The number of nitrogens with zero attached hydrogens (tertiary/aromatic N) is 1. The molecule has 0 unspecified atom stereocenters. The number of thioether (sulfide) groups is 1. The smallest absolute Gasteiger partial charge is 0.319 e. The highest BCUT2D eigenvalue weighted by Gasteiger charge is 2.41. The highest BCUT2D eigenvalue weighted by molar-refractivity contribution is 7.99. The Balaban J connectivity index is 1.43. The van der Waals surface area contributed by atoms with E-state index in [4.69, 9.17) is 10.5 Å². The Hall–Kier alpha value is -4.19. The molecule has 3 atom stereocenters. The second kappa shape index (κ2) is 12.6. The monoisotopic (exact) mass is 552 g/mol. The van der Waals surface area contributed by atoms with Gasteiger partial charge < -0.3 is 36.3 Å². The third-order valence-corrected chi connectivity index (χ3v) is 7.17. The quantitative estimate of drug-likeness (QED) is 0.258. The van der Waals surface area contributed by atoms with Crippen molar-refractivity contribution in [1.82, 2.24) is 20.5 Å². The highest BCUT2D eigenvalue weighted by atomic mass is 32.2. The minimum absolute atomic E-state index is 0.164. The molecule has 12 heteroatoms. The van der Waals surface area contributed by atoms with Crippen LogP contribution in [0, 0.1) is 0 Å². The van der Waals surface area contributed by atoms with E-state index in [2.05, 4.69) is 20.9 Å². The molecule has 206 valence electrons. The number of para-hydroxylation sites is 1. The number of aromatic nitrogens is 1. The van der Waals surface area contributed by atoms with E-state index < -0.39 is 36.0 Å². The normalized spacial score (nSPS) is 17.4. The molecule has 0 spiro atoms. The van der Waals surface area contributed by atoms with Gasteiger partial charge in [0.25, 0.3) is 0 Å². The van der Waals surface area contributed by atoms with E-state index in [0.717, 1.165) is 16.5 Å². The Morgan fingerprint density at radius 2 is 1.90 bits per heavy atom. The summed E-state index contributed by atoms with van der Waals surface area (Å²) in [6, 6.07) is 11.7. The van der Waals surface area contributed by atoms with E-state index in [1.165, 1.54) is 16.7 Å². The lowest BCUT2D eigenvalue weighted by Crippen LogP contribution is -2.53. The molecule has 1 aliphatic heterocycles. The number of carbonyl (C=O) groups is 4. The number of urea groups is 1. The van der Waals surface area contributed by atoms with E-state index >= 15 is 0 Å². The van der Waals surface area contributed by atoms with Crippen molar-refractivity contribution in [2.75, 3.05) is 31.0 Å². The first-order chi connectivity index (χ1) is 18.8. The van der Waals surface area contributed by atoms with Crippen LogP contribution in [0.4, 0.5) is 10.5 Å². The van der Waals surface area contributed by atoms with Crippen LogP contribution in [0.25, 0.3) is 10.9 Å². The maximum atomic E-state index is 13.4. The molecule has 0 bridgehead atoms. The standard InChI is InChI=1S/C27H32N6O5S/c1-38-19-9-7-17(8-10-19)30-27(37)31-18-12-23(33(14-18)24(34)15-39-2)26(36)32-22(25(28)35)11-16-13-29-21-6-4-3-5-20(16)21/h3-10,13,18,22-23,29H,11-12,14-15H2,1-2H3,(H2,28,35)(H,32,36)(H2,30,31,37)/t18-,22+,23-/m0/s1. The van der Waals surface area contributed by atoms with Gasteiger partial charge in [-0.3, -0.25) is 14.4 Å². The van der Waals surface area contributed by atoms with Gasteiger partial charge in [-0.05, 0) is 48.6 Å². The predicted octanol–water partition coefficient (Wildman–Crippen LogP) is 1.84. The van der Waals surface area contributed by atoms with E-state index in [9.17, 15) is 19.2 Å². The highest BCUT2D eigenvalue weighted by Crippen LogP contribution is 2.22. The number of primary amides is 1. The number of anilines is 1. The second-order valence-corrected chi connectivity index (χ2v) is 10.1. The summed E-state index contributed by atoms with van der Waals surface area (Å²) in [6.45, 7) is 0.164. The molecule has 0 aliphatic carbocycles. The Morgan fingerprint density at radius 3 is 2.59 bits per heavy atom. The van der Waals surface area contributed by atoms with Crippen molar-refractivity contribution in [2.24, 2.45) is 5.73 Å². The number of hydrogen-bond donors (Lipinski definition) is 5. The Morgan fingerprint density at radius 1 is 1.15 bits per heavy atom. The third-order valence-electron chi connectivity index (χ3n) is 6.63. The number of amides is 5. The van der Waals surface area contributed by atoms with Gasteiger partial charge in [0.2, 0.25) is 17.7 Å². The van der Waals surface area contributed by atoms with Crippen molar-refractivity contribution in [2.45, 2.75) is 31.0 Å². The minimum Gasteiger partial charge on any atom is -0.497 e. The van der Waals surface area contributed by atoms with Crippen LogP contribution in [0.15, 0.2) is 54.7 Å². The summed E-state index contributed by atoms with van der Waals surface area (Å²) in [5.74, 6) is -0.555. The van der Waals surface area contributed by atoms with Crippen LogP contribution >= 0.6 is 11.8 Å². The number of carbonyl (C=O) groups excluding carboxylic acids is 4. The molecule has 39 heavy (non-hydrogen) atoms. The van der Waals surface area contributed by atoms with Gasteiger partial charge in [-0.25, -0.2) is 4.79 Å². The van der Waals surface area contributed by atoms with Gasteiger partial charge in [-0.1, -0.05) is 18.2 Å². The Labute approximate surface area is 230 Å². The van der Waals surface area contributed by atoms with Crippen molar-refractivity contribution in [1.29, 1.82) is 0 Å². The predicted molar refractivity (Wildman–Crippen MR) is 151 cm³/mol. The molecular weight excluding hydrogens is 520 g/mol. The summed E-state index contributed by atoms with van der Waals surface area (Å²) in [5, 5.41) is 9.26. The Kier molecular flexibility index (Phi) is 8.97. The zero-order valence-electron chi connectivity index (χ0n) is 21.7. The maximum Gasteiger partial charge on any atom is 0.319 e. The fraction of sp³-hybridized carbons (Fsp3) is 0.333. The summed E-state index contributed by atoms with van der Waals surface area (Å²) in [4.78, 5) is 55.8. The summed E-state index contributed by atoms with van der Waals surface area (Å²) >= 11 is 1.34. The molecule has 5 amide bonds. The topological polar surface area (TPSA) is 159 Å². The summed E-state index contributed by atoms with van der Waals surface area (Å²) < 4.78 is 5.12. The van der Waals surface area contributed by atoms with Gasteiger partial charge in [0.05, 0.1) is 18.9 Å². The minimum atomic E-state index is -0.973. The number of aromatic amines is 1. The fourth-order valence-electron chi connectivity index (χ4n) is 4.71. The van der Waals surface area contributed by atoms with E-state index in [1.807, 2.05) is 24.3 Å². The van der Waals surface area contributed by atoms with Crippen molar-refractivity contribution >= 4 is 52.1 Å². The third kappa shape index (κ3) is 6.82. The number of rotatable bonds is 10. The summed E-state index contributed by atoms with van der Waals surface area (Å²) in [7, 11) is 1.56. The average Bonchev–Trinajstić information content (AvgIpc) is 3.53. The molecule has 1 aromatic heterocycles.